The van der Waals surface area contributed by atoms with Crippen molar-refractivity contribution in [2.24, 2.45) is 11.8 Å². The van der Waals surface area contributed by atoms with Gasteiger partial charge in [0.1, 0.15) is 6.61 Å². The summed E-state index contributed by atoms with van der Waals surface area (Å²) < 4.78 is 5.54. The van der Waals surface area contributed by atoms with Crippen molar-refractivity contribution in [1.29, 1.82) is 0 Å². The Morgan fingerprint density at radius 3 is 2.26 bits per heavy atom. The van der Waals surface area contributed by atoms with Crippen LogP contribution in [0.15, 0.2) is 66.7 Å². The number of alkyl carbamates (subject to hydrolysis) is 1. The molecule has 0 bridgehead atoms. The zero-order chi connectivity index (χ0) is 24.5. The summed E-state index contributed by atoms with van der Waals surface area (Å²) in [4.78, 5) is 35.9. The average molecular weight is 491 g/mol. The van der Waals surface area contributed by atoms with Gasteiger partial charge in [-0.1, -0.05) is 60.1 Å². The predicted molar refractivity (Wildman–Crippen MR) is 132 cm³/mol. The molecule has 0 heterocycles. The second kappa shape index (κ2) is 9.43. The number of anilines is 1. The highest BCUT2D eigenvalue weighted by Crippen LogP contribution is 2.44. The molecule has 178 valence electrons. The molecule has 5 rings (SSSR count). The molecule has 2 aliphatic rings. The Balaban J connectivity index is 1.10. The third-order valence-electron chi connectivity index (χ3n) is 6.58. The number of carbonyl (C=O) groups is 3. The van der Waals surface area contributed by atoms with Crippen LogP contribution in [-0.2, 0) is 9.53 Å². The van der Waals surface area contributed by atoms with Gasteiger partial charge in [0.05, 0.1) is 10.6 Å². The second-order valence-corrected chi connectivity index (χ2v) is 9.20. The quantitative estimate of drug-likeness (QED) is 0.424. The van der Waals surface area contributed by atoms with Crippen LogP contribution in [0.5, 0.6) is 0 Å². The first-order valence-electron chi connectivity index (χ1n) is 11.3. The minimum absolute atomic E-state index is 0.00746. The van der Waals surface area contributed by atoms with E-state index in [2.05, 4.69) is 34.9 Å². The monoisotopic (exact) mass is 490 g/mol. The Kier molecular flexibility index (Phi) is 6.17. The molecule has 2 amide bonds. The summed E-state index contributed by atoms with van der Waals surface area (Å²) in [5, 5.41) is 14.6. The molecule has 0 saturated heterocycles. The number of amides is 2. The molecule has 35 heavy (non-hydrogen) atoms. The molecule has 0 aromatic heterocycles. The zero-order valence-corrected chi connectivity index (χ0v) is 19.4. The smallest absolute Gasteiger partial charge is 0.407 e. The molecule has 3 N–H and O–H groups in total. The van der Waals surface area contributed by atoms with Crippen molar-refractivity contribution >= 4 is 35.3 Å². The number of halogens is 1. The minimum atomic E-state index is -1.13. The molecule has 2 atom stereocenters. The molecule has 0 spiro atoms. The lowest BCUT2D eigenvalue weighted by Gasteiger charge is -2.14. The van der Waals surface area contributed by atoms with E-state index in [0.29, 0.717) is 18.7 Å². The van der Waals surface area contributed by atoms with Gasteiger partial charge in [-0.15, -0.1) is 0 Å². The van der Waals surface area contributed by atoms with Crippen LogP contribution in [0.4, 0.5) is 10.5 Å². The summed E-state index contributed by atoms with van der Waals surface area (Å²) in [7, 11) is 0. The van der Waals surface area contributed by atoms with Gasteiger partial charge in [-0.25, -0.2) is 9.59 Å². The van der Waals surface area contributed by atoms with Gasteiger partial charge in [0.25, 0.3) is 0 Å². The van der Waals surface area contributed by atoms with Gasteiger partial charge in [-0.2, -0.15) is 0 Å². The lowest BCUT2D eigenvalue weighted by atomic mass is 9.98. The van der Waals surface area contributed by atoms with Gasteiger partial charge >= 0.3 is 12.1 Å². The molecular formula is C27H23ClN2O5. The van der Waals surface area contributed by atoms with Crippen LogP contribution in [0, 0.1) is 11.8 Å². The van der Waals surface area contributed by atoms with Crippen LogP contribution in [0.3, 0.4) is 0 Å². The van der Waals surface area contributed by atoms with Crippen molar-refractivity contribution in [2.45, 2.75) is 12.3 Å². The standard InChI is InChI=1S/C27H23ClN2O5/c28-24-12-16(9-10-21(24)26(32)33)30-25(31)22-11-15(22)13-29-27(34)35-14-23-19-7-3-1-5-17(19)18-6-2-4-8-20(18)23/h1-10,12,15,22-23H,11,13-14H2,(H,29,34)(H,30,31)(H,32,33)/t15-,22-/m0/s1. The first-order valence-corrected chi connectivity index (χ1v) is 11.7. The van der Waals surface area contributed by atoms with Crippen LogP contribution < -0.4 is 10.6 Å². The van der Waals surface area contributed by atoms with Crippen molar-refractivity contribution in [2.75, 3.05) is 18.5 Å². The van der Waals surface area contributed by atoms with E-state index >= 15 is 0 Å². The molecule has 8 heteroatoms. The van der Waals surface area contributed by atoms with Crippen molar-refractivity contribution < 1.29 is 24.2 Å². The van der Waals surface area contributed by atoms with Crippen molar-refractivity contribution in [3.8, 4) is 11.1 Å². The van der Waals surface area contributed by atoms with E-state index in [1.54, 1.807) is 0 Å². The summed E-state index contributed by atoms with van der Waals surface area (Å²) in [6.07, 6.45) is 0.144. The zero-order valence-electron chi connectivity index (χ0n) is 18.7. The highest BCUT2D eigenvalue weighted by Gasteiger charge is 2.43. The molecule has 0 aliphatic heterocycles. The topological polar surface area (TPSA) is 105 Å². The first-order chi connectivity index (χ1) is 16.9. The molecule has 2 aliphatic carbocycles. The molecule has 3 aromatic carbocycles. The van der Waals surface area contributed by atoms with Gasteiger partial charge in [0.15, 0.2) is 0 Å². The van der Waals surface area contributed by atoms with Crippen LogP contribution >= 0.6 is 11.6 Å². The Labute approximate surface area is 207 Å². The number of ether oxygens (including phenoxy) is 1. The number of carboxylic acids is 1. The van der Waals surface area contributed by atoms with E-state index in [4.69, 9.17) is 21.4 Å². The van der Waals surface area contributed by atoms with E-state index in [1.165, 1.54) is 29.3 Å². The minimum Gasteiger partial charge on any atom is -0.478 e. The predicted octanol–water partition coefficient (Wildman–Crippen LogP) is 5.15. The number of carbonyl (C=O) groups excluding carboxylic acids is 2. The fourth-order valence-corrected chi connectivity index (χ4v) is 4.92. The summed E-state index contributed by atoms with van der Waals surface area (Å²) >= 11 is 5.96. The van der Waals surface area contributed by atoms with Crippen molar-refractivity contribution in [3.63, 3.8) is 0 Å². The first kappa shape index (κ1) is 22.9. The number of hydrogen-bond acceptors (Lipinski definition) is 4. The fourth-order valence-electron chi connectivity index (χ4n) is 4.66. The Morgan fingerprint density at radius 1 is 0.971 bits per heavy atom. The lowest BCUT2D eigenvalue weighted by Crippen LogP contribution is -2.29. The molecule has 7 nitrogen and oxygen atoms in total. The maximum absolute atomic E-state index is 12.5. The van der Waals surface area contributed by atoms with E-state index in [9.17, 15) is 14.4 Å². The number of fused-ring (bicyclic) bond motifs is 3. The van der Waals surface area contributed by atoms with Gasteiger partial charge in [0, 0.05) is 24.1 Å². The van der Waals surface area contributed by atoms with E-state index < -0.39 is 12.1 Å². The third-order valence-corrected chi connectivity index (χ3v) is 6.89. The van der Waals surface area contributed by atoms with E-state index in [1.807, 2.05) is 24.3 Å². The summed E-state index contributed by atoms with van der Waals surface area (Å²) in [5.41, 5.74) is 5.04. The van der Waals surface area contributed by atoms with Gasteiger partial charge < -0.3 is 20.5 Å². The SMILES string of the molecule is O=C(NC[C@@H]1C[C@@H]1C(=O)Nc1ccc(C(=O)O)c(Cl)c1)OCC1c2ccccc2-c2ccccc21. The lowest BCUT2D eigenvalue weighted by molar-refractivity contribution is -0.117. The van der Waals surface area contributed by atoms with Crippen LogP contribution in [0.25, 0.3) is 11.1 Å². The second-order valence-electron chi connectivity index (χ2n) is 8.80. The van der Waals surface area contributed by atoms with Crippen molar-refractivity contribution in [3.05, 3.63) is 88.4 Å². The Hall–Kier alpha value is -3.84. The average Bonchev–Trinajstić information content (AvgIpc) is 3.56. The van der Waals surface area contributed by atoms with E-state index in [-0.39, 0.29) is 40.9 Å². The Morgan fingerprint density at radius 2 is 1.63 bits per heavy atom. The Bertz CT molecular complexity index is 1280. The van der Waals surface area contributed by atoms with Crippen LogP contribution in [-0.4, -0.2) is 36.2 Å². The summed E-state index contributed by atoms with van der Waals surface area (Å²) in [6, 6.07) is 20.6. The number of hydrogen-bond donors (Lipinski definition) is 3. The molecule has 1 fully saturated rings. The molecule has 1 saturated carbocycles. The third kappa shape index (κ3) is 4.72. The number of aromatic carboxylic acids is 1. The van der Waals surface area contributed by atoms with Crippen LogP contribution in [0.1, 0.15) is 33.8 Å². The number of benzene rings is 3. The summed E-state index contributed by atoms with van der Waals surface area (Å²) in [6.45, 7) is 0.578. The molecule has 0 radical (unpaired) electrons. The van der Waals surface area contributed by atoms with Gasteiger partial charge in [-0.05, 0) is 52.8 Å². The normalized spacial score (nSPS) is 17.7. The number of nitrogens with one attached hydrogen (secondary N) is 2. The van der Waals surface area contributed by atoms with Crippen molar-refractivity contribution in [1.82, 2.24) is 5.32 Å². The van der Waals surface area contributed by atoms with Gasteiger partial charge in [0.2, 0.25) is 5.91 Å². The number of rotatable bonds is 7. The molecular weight excluding hydrogens is 468 g/mol. The van der Waals surface area contributed by atoms with Crippen LogP contribution in [0.2, 0.25) is 5.02 Å². The fraction of sp³-hybridized carbons (Fsp3) is 0.222. The highest BCUT2D eigenvalue weighted by atomic mass is 35.5. The summed E-state index contributed by atoms with van der Waals surface area (Å²) in [5.74, 6) is -1.55. The molecule has 0 unspecified atom stereocenters. The largest absolute Gasteiger partial charge is 0.478 e. The highest BCUT2D eigenvalue weighted by molar-refractivity contribution is 6.33. The van der Waals surface area contributed by atoms with E-state index in [0.717, 1.165) is 11.1 Å². The van der Waals surface area contributed by atoms with Gasteiger partial charge in [-0.3, -0.25) is 4.79 Å². The molecule has 3 aromatic rings. The maximum atomic E-state index is 12.5. The number of carboxylic acid groups (broad SMARTS) is 1. The maximum Gasteiger partial charge on any atom is 0.407 e.